The van der Waals surface area contributed by atoms with E-state index in [1.54, 1.807) is 0 Å². The van der Waals surface area contributed by atoms with Crippen LogP contribution in [0.25, 0.3) is 0 Å². The van der Waals surface area contributed by atoms with Crippen LogP contribution in [0.1, 0.15) is 74.7 Å². The van der Waals surface area contributed by atoms with Gasteiger partial charge in [-0.1, -0.05) is 0 Å². The number of nitrogens with zero attached hydrogens (tertiary/aromatic N) is 2. The molecule has 6 heteroatoms. The molecule has 0 spiro atoms. The molecule has 2 saturated heterocycles. The molecule has 142 valence electrons. The zero-order chi connectivity index (χ0) is 18.7. The Morgan fingerprint density at radius 1 is 0.792 bits per heavy atom. The van der Waals surface area contributed by atoms with E-state index in [9.17, 15) is 15.4 Å². The van der Waals surface area contributed by atoms with Crippen LogP contribution in [0, 0.1) is 0 Å². The van der Waals surface area contributed by atoms with Crippen LogP contribution < -0.4 is 0 Å². The lowest BCUT2D eigenvalue weighted by Crippen LogP contribution is -2.71. The monoisotopic (exact) mass is 344 g/mol. The highest BCUT2D eigenvalue weighted by atomic mass is 16.7. The summed E-state index contributed by atoms with van der Waals surface area (Å²) in [7, 11) is 0. The van der Waals surface area contributed by atoms with Crippen molar-refractivity contribution in [1.82, 2.24) is 10.1 Å². The highest BCUT2D eigenvalue weighted by Crippen LogP contribution is 2.44. The van der Waals surface area contributed by atoms with E-state index in [4.69, 9.17) is 4.84 Å². The Balaban J connectivity index is 2.31. The van der Waals surface area contributed by atoms with Crippen molar-refractivity contribution < 1.29 is 20.3 Å². The summed E-state index contributed by atoms with van der Waals surface area (Å²) >= 11 is 0. The van der Waals surface area contributed by atoms with Crippen molar-refractivity contribution in [3.63, 3.8) is 0 Å². The van der Waals surface area contributed by atoms with E-state index in [0.29, 0.717) is 19.3 Å². The van der Waals surface area contributed by atoms with Crippen molar-refractivity contribution in [1.29, 1.82) is 0 Å². The Bertz CT molecular complexity index is 458. The zero-order valence-electron chi connectivity index (χ0n) is 16.5. The summed E-state index contributed by atoms with van der Waals surface area (Å²) < 4.78 is 0. The van der Waals surface area contributed by atoms with E-state index < -0.39 is 23.3 Å². The SMILES string of the molecule is CC1(C)CC(O)CC(C)(C)N1OC1C(O)CC(C)(C)N(O)C1(C)C. The molecule has 6 nitrogen and oxygen atoms in total. The summed E-state index contributed by atoms with van der Waals surface area (Å²) in [5, 5.41) is 34.8. The average Bonchev–Trinajstić information content (AvgIpc) is 2.32. The first-order valence-electron chi connectivity index (χ1n) is 8.94. The molecular formula is C18H36N2O4. The summed E-state index contributed by atoms with van der Waals surface area (Å²) in [5.41, 5.74) is -2.01. The molecule has 2 heterocycles. The maximum atomic E-state index is 10.7. The van der Waals surface area contributed by atoms with Crippen molar-refractivity contribution in [2.24, 2.45) is 0 Å². The third-order valence-corrected chi connectivity index (χ3v) is 5.66. The topological polar surface area (TPSA) is 76.4 Å². The third kappa shape index (κ3) is 3.37. The van der Waals surface area contributed by atoms with Crippen molar-refractivity contribution in [2.45, 2.75) is 115 Å². The summed E-state index contributed by atoms with van der Waals surface area (Å²) in [6.45, 7) is 15.8. The molecular weight excluding hydrogens is 308 g/mol. The molecule has 0 bridgehead atoms. The van der Waals surface area contributed by atoms with Gasteiger partial charge in [-0.05, 0) is 74.7 Å². The third-order valence-electron chi connectivity index (χ3n) is 5.66. The Morgan fingerprint density at radius 3 is 1.71 bits per heavy atom. The molecule has 2 unspecified atom stereocenters. The summed E-state index contributed by atoms with van der Waals surface area (Å²) in [4.78, 5) is 6.37. The maximum Gasteiger partial charge on any atom is 0.125 e. The lowest BCUT2D eigenvalue weighted by atomic mass is 9.77. The number of hydroxylamine groups is 4. The van der Waals surface area contributed by atoms with Gasteiger partial charge in [-0.2, -0.15) is 10.1 Å². The molecule has 0 saturated carbocycles. The normalized spacial score (nSPS) is 36.6. The summed E-state index contributed by atoms with van der Waals surface area (Å²) in [6.07, 6.45) is 0.0188. The van der Waals surface area contributed by atoms with Crippen molar-refractivity contribution in [2.75, 3.05) is 0 Å². The predicted octanol–water partition coefficient (Wildman–Crippen LogP) is 2.31. The van der Waals surface area contributed by atoms with Gasteiger partial charge in [0.25, 0.3) is 0 Å². The van der Waals surface area contributed by atoms with Gasteiger partial charge >= 0.3 is 0 Å². The molecule has 0 aromatic rings. The number of aliphatic hydroxyl groups is 2. The van der Waals surface area contributed by atoms with E-state index in [1.807, 2.05) is 60.5 Å². The van der Waals surface area contributed by atoms with Gasteiger partial charge in [-0.3, -0.25) is 4.84 Å². The van der Waals surface area contributed by atoms with Gasteiger partial charge < -0.3 is 15.4 Å². The van der Waals surface area contributed by atoms with E-state index >= 15 is 0 Å². The smallest absolute Gasteiger partial charge is 0.125 e. The van der Waals surface area contributed by atoms with Crippen LogP contribution in [0.3, 0.4) is 0 Å². The Kier molecular flexibility index (Phi) is 4.93. The van der Waals surface area contributed by atoms with Crippen LogP contribution in [0.4, 0.5) is 0 Å². The van der Waals surface area contributed by atoms with Crippen LogP contribution in [-0.4, -0.2) is 66.0 Å². The molecule has 0 aromatic carbocycles. The van der Waals surface area contributed by atoms with Crippen LogP contribution in [-0.2, 0) is 4.84 Å². The van der Waals surface area contributed by atoms with E-state index in [0.717, 1.165) is 0 Å². The van der Waals surface area contributed by atoms with Gasteiger partial charge in [-0.25, -0.2) is 0 Å². The lowest BCUT2D eigenvalue weighted by molar-refractivity contribution is -0.378. The van der Waals surface area contributed by atoms with Crippen LogP contribution >= 0.6 is 0 Å². The minimum absolute atomic E-state index is 0.368. The Morgan fingerprint density at radius 2 is 1.25 bits per heavy atom. The van der Waals surface area contributed by atoms with E-state index in [-0.39, 0.29) is 17.2 Å². The Hall–Kier alpha value is -0.240. The first-order valence-corrected chi connectivity index (χ1v) is 8.94. The molecule has 0 aromatic heterocycles. The fourth-order valence-electron chi connectivity index (χ4n) is 4.89. The first kappa shape index (κ1) is 20.1. The van der Waals surface area contributed by atoms with Gasteiger partial charge in [-0.15, -0.1) is 0 Å². The molecule has 0 amide bonds. The summed E-state index contributed by atoms with van der Waals surface area (Å²) in [6, 6.07) is 0. The number of hydrogen-bond donors (Lipinski definition) is 3. The molecule has 24 heavy (non-hydrogen) atoms. The Labute approximate surface area is 146 Å². The molecule has 2 rings (SSSR count). The molecule has 2 fully saturated rings. The van der Waals surface area contributed by atoms with Crippen molar-refractivity contribution >= 4 is 0 Å². The number of aliphatic hydroxyl groups excluding tert-OH is 2. The standard InChI is InChI=1S/C18H36N2O4/c1-15(2)11-13(22)14(18(7,8)19(15)23)24-20-16(3,4)9-12(21)10-17(20,5)6/h12-14,21-23H,9-11H2,1-8H3. The van der Waals surface area contributed by atoms with Crippen LogP contribution in [0.2, 0.25) is 0 Å². The predicted molar refractivity (Wildman–Crippen MR) is 92.5 cm³/mol. The molecule has 3 N–H and O–H groups in total. The summed E-state index contributed by atoms with van der Waals surface area (Å²) in [5.74, 6) is 0. The molecule has 0 aliphatic carbocycles. The minimum Gasteiger partial charge on any atom is -0.393 e. The van der Waals surface area contributed by atoms with E-state index in [1.165, 1.54) is 5.06 Å². The largest absolute Gasteiger partial charge is 0.393 e. The van der Waals surface area contributed by atoms with Gasteiger partial charge in [0.05, 0.1) is 17.7 Å². The van der Waals surface area contributed by atoms with Crippen molar-refractivity contribution in [3.8, 4) is 0 Å². The molecule has 0 radical (unpaired) electrons. The number of hydrogen-bond acceptors (Lipinski definition) is 6. The second kappa shape index (κ2) is 5.89. The van der Waals surface area contributed by atoms with Gasteiger partial charge in [0.2, 0.25) is 0 Å². The lowest BCUT2D eigenvalue weighted by Gasteiger charge is -2.59. The number of rotatable bonds is 2. The zero-order valence-corrected chi connectivity index (χ0v) is 16.5. The minimum atomic E-state index is -0.747. The fourth-order valence-corrected chi connectivity index (χ4v) is 4.89. The molecule has 2 aliphatic rings. The van der Waals surface area contributed by atoms with E-state index in [2.05, 4.69) is 0 Å². The second-order valence-corrected chi connectivity index (χ2v) is 10.1. The van der Waals surface area contributed by atoms with Gasteiger partial charge in [0, 0.05) is 16.6 Å². The second-order valence-electron chi connectivity index (χ2n) is 10.1. The van der Waals surface area contributed by atoms with Crippen molar-refractivity contribution in [3.05, 3.63) is 0 Å². The molecule has 2 aliphatic heterocycles. The van der Waals surface area contributed by atoms with Crippen LogP contribution in [0.15, 0.2) is 0 Å². The highest BCUT2D eigenvalue weighted by Gasteiger charge is 2.56. The van der Waals surface area contributed by atoms with Crippen LogP contribution in [0.5, 0.6) is 0 Å². The maximum absolute atomic E-state index is 10.7. The van der Waals surface area contributed by atoms with Gasteiger partial charge in [0.1, 0.15) is 6.10 Å². The molecule has 2 atom stereocenters. The number of piperidine rings is 2. The average molecular weight is 344 g/mol. The fraction of sp³-hybridized carbons (Fsp3) is 1.00. The highest BCUT2D eigenvalue weighted by molar-refractivity contribution is 5.04. The first-order chi connectivity index (χ1) is 10.6. The van der Waals surface area contributed by atoms with Gasteiger partial charge in [0.15, 0.2) is 0 Å². The quantitative estimate of drug-likeness (QED) is 0.714.